The zero-order chi connectivity index (χ0) is 90.7. The molecule has 656 valence electrons. The third-order valence-corrected chi connectivity index (χ3v) is 34.3. The molecular weight excluding hydrogens is 1700 g/mol. The van der Waals surface area contributed by atoms with Gasteiger partial charge in [-0.3, -0.25) is 19.9 Å². The smallest absolute Gasteiger partial charge is 0.141 e. The van der Waals surface area contributed by atoms with Crippen molar-refractivity contribution in [3.8, 4) is 89.0 Å². The number of hydrogen-bond donors (Lipinski definition) is 0. The first-order chi connectivity index (χ1) is 69.4. The van der Waals surface area contributed by atoms with E-state index in [0.717, 1.165) is 109 Å². The highest BCUT2D eigenvalue weighted by Crippen LogP contribution is 2.64. The van der Waals surface area contributed by atoms with Crippen LogP contribution >= 0.6 is 0 Å². The second kappa shape index (κ2) is 28.5. The van der Waals surface area contributed by atoms with Gasteiger partial charge in [-0.05, 0) is 392 Å². The number of hydrogen-bond acceptors (Lipinski definition) is 8. The first-order valence-electron chi connectivity index (χ1n) is 50.3. The molecule has 0 atom stereocenters. The van der Waals surface area contributed by atoms with E-state index in [1.54, 1.807) is 0 Å². The minimum absolute atomic E-state index is 0.910. The molecule has 0 amide bonds. The standard InChI is InChI=1S/4C33H22N2/c1-3-9-25-19(6-1)14-21-11-12-22-16-26-27(31(22)30(21)25)18-24-15-20-7-2-4-10-29(20)35-32(24)28(26)17-23-8-5-13-34-33(23)35;1-3-8-24-19(6-1)14-21-11-12-22-16-25-26(32(22)31(21)24)17-23-15-20-7-2-4-9-29(20)35-30-10-5-13-34-28(30)18-27(25)33(23)35;1-3-7-25-19(5-1)13-22-9-10-23-16-26-27(32(23)31(22)25)17-24-14-20-6-2-4-8-29(20)35-30-18-34-12-11-21(30)15-28(26)33(24)35;1-3-7-25-19(5-1)13-21-9-10-22-15-26-27(32(22)31(21)25)16-23-14-20-6-2-4-8-29(20)35-30-11-12-34-18-24(30)17-28(26)33(23)35/h1-13,18H,14-17H2;1-13,17H,14-16,18H2;1-12,17-18H,13-16H2;1-12,16,18H,13-15,17H2. The third-order valence-electron chi connectivity index (χ3n) is 34.3. The summed E-state index contributed by atoms with van der Waals surface area (Å²) in [6, 6.07) is 114. The van der Waals surface area contributed by atoms with Crippen LogP contribution in [0.15, 0.2) is 340 Å². The quantitative estimate of drug-likeness (QED) is 0.149. The van der Waals surface area contributed by atoms with Crippen LogP contribution in [0.5, 0.6) is 0 Å². The maximum atomic E-state index is 4.88. The van der Waals surface area contributed by atoms with Crippen molar-refractivity contribution >= 4 is 68.4 Å². The molecule has 4 aromatic heterocycles. The van der Waals surface area contributed by atoms with E-state index < -0.39 is 0 Å². The van der Waals surface area contributed by atoms with Gasteiger partial charge in [0.1, 0.15) is 5.82 Å². The summed E-state index contributed by atoms with van der Waals surface area (Å²) in [5.74, 6) is 1.10. The largest absolute Gasteiger partial charge is 0.309 e. The fourth-order valence-corrected chi connectivity index (χ4v) is 28.7. The number of nitrogens with zero attached hydrogens (tertiary/aromatic N) is 8. The van der Waals surface area contributed by atoms with Crippen LogP contribution in [0.1, 0.15) is 178 Å². The summed E-state index contributed by atoms with van der Waals surface area (Å²) in [5.41, 5.74) is 84.4. The fraction of sp³-hybridized carbons (Fsp3) is 0.121. The molecule has 16 aromatic carbocycles. The van der Waals surface area contributed by atoms with Gasteiger partial charge < -0.3 is 14.7 Å². The predicted molar refractivity (Wildman–Crippen MR) is 564 cm³/mol. The van der Waals surface area contributed by atoms with Gasteiger partial charge >= 0.3 is 0 Å². The normalized spacial score (nSPS) is 14.9. The first kappa shape index (κ1) is 76.5. The first-order valence-corrected chi connectivity index (χ1v) is 50.3. The second-order valence-electron chi connectivity index (χ2n) is 41.4. The molecule has 16 aliphatic rings. The molecular formula is C132H88N8. The maximum absolute atomic E-state index is 4.88. The number of fused-ring (bicyclic) bond motifs is 48. The molecule has 36 rings (SSSR count). The Morgan fingerprint density at radius 1 is 0.157 bits per heavy atom. The lowest BCUT2D eigenvalue weighted by Gasteiger charge is -2.40. The molecule has 0 bridgehead atoms. The van der Waals surface area contributed by atoms with E-state index >= 15 is 0 Å². The minimum Gasteiger partial charge on any atom is -0.309 e. The highest BCUT2D eigenvalue weighted by Gasteiger charge is 2.46. The van der Waals surface area contributed by atoms with E-state index in [1.165, 1.54) is 330 Å². The Morgan fingerprint density at radius 2 is 0.429 bits per heavy atom. The van der Waals surface area contributed by atoms with Crippen LogP contribution in [-0.2, 0) is 103 Å². The number of aromatic nitrogens is 4. The Hall–Kier alpha value is -16.7. The van der Waals surface area contributed by atoms with Crippen molar-refractivity contribution in [3.63, 3.8) is 0 Å². The lowest BCUT2D eigenvalue weighted by Crippen LogP contribution is -2.26. The molecule has 0 saturated heterocycles. The van der Waals surface area contributed by atoms with Crippen molar-refractivity contribution in [2.24, 2.45) is 0 Å². The van der Waals surface area contributed by atoms with Gasteiger partial charge in [-0.2, -0.15) is 0 Å². The fourth-order valence-electron chi connectivity index (χ4n) is 28.7. The zero-order valence-electron chi connectivity index (χ0n) is 77.2. The van der Waals surface area contributed by atoms with Crippen LogP contribution in [0.3, 0.4) is 0 Å². The van der Waals surface area contributed by atoms with Gasteiger partial charge in [0, 0.05) is 99.4 Å². The molecule has 140 heavy (non-hydrogen) atoms. The van der Waals surface area contributed by atoms with E-state index in [2.05, 4.69) is 345 Å². The average molecular weight is 1790 g/mol. The molecule has 0 N–H and O–H groups in total. The highest BCUT2D eigenvalue weighted by molar-refractivity contribution is 6.06. The highest BCUT2D eigenvalue weighted by atomic mass is 15.2. The zero-order valence-corrected chi connectivity index (χ0v) is 77.2. The molecule has 8 nitrogen and oxygen atoms in total. The van der Waals surface area contributed by atoms with Crippen LogP contribution < -0.4 is 19.6 Å². The predicted octanol–water partition coefficient (Wildman–Crippen LogP) is 30.0. The van der Waals surface area contributed by atoms with E-state index in [1.807, 2.05) is 24.8 Å². The van der Waals surface area contributed by atoms with Crippen LogP contribution in [0.25, 0.3) is 89.0 Å². The summed E-state index contributed by atoms with van der Waals surface area (Å²) in [6.45, 7) is 0. The van der Waals surface area contributed by atoms with Gasteiger partial charge in [0.2, 0.25) is 0 Å². The molecule has 0 unspecified atom stereocenters. The molecule has 8 aliphatic carbocycles. The van der Waals surface area contributed by atoms with Gasteiger partial charge in [-0.1, -0.05) is 224 Å². The number of benzene rings is 16. The molecule has 0 fully saturated rings. The summed E-state index contributed by atoms with van der Waals surface area (Å²) in [5, 5.41) is 0. The van der Waals surface area contributed by atoms with E-state index in [9.17, 15) is 0 Å². The van der Waals surface area contributed by atoms with Crippen molar-refractivity contribution in [2.75, 3.05) is 19.6 Å². The SMILES string of the molecule is c1ccc2c(c1)Cc1ccc3c(c1-2)-c1cc2c4c(c1C3)Cc1cccnc1N4c1ccccc1C2.c1ccc2c(c1)Cc1ccc3c(c1-2)-c1cc2c4c(c1C3)Cc1ccncc1N4c1ccccc1C2.c1ccc2c(c1)Cc1ccc3c(c1-2)-c1cc2c4c(c1C3)Cc1cnccc1N4c1ccccc1C2.c1ccc2c(c1)Cc1ccc3c(c1-2)-c1cc2c4c(c1C3)Cc1ncccc1N4c1ccccc1C2. The van der Waals surface area contributed by atoms with Gasteiger partial charge in [0.15, 0.2) is 0 Å². The van der Waals surface area contributed by atoms with E-state index in [4.69, 9.17) is 9.97 Å². The molecule has 8 heteroatoms. The van der Waals surface area contributed by atoms with E-state index in [0.29, 0.717) is 0 Å². The Labute approximate surface area is 812 Å². The molecule has 8 aliphatic heterocycles. The van der Waals surface area contributed by atoms with Crippen molar-refractivity contribution < 1.29 is 0 Å². The topological polar surface area (TPSA) is 64.5 Å². The average Bonchev–Trinajstić information content (AvgIpc) is 1.30. The molecule has 0 spiro atoms. The van der Waals surface area contributed by atoms with Crippen LogP contribution in [0, 0.1) is 0 Å². The van der Waals surface area contributed by atoms with Gasteiger partial charge in [0.25, 0.3) is 0 Å². The summed E-state index contributed by atoms with van der Waals surface area (Å²) in [7, 11) is 0. The van der Waals surface area contributed by atoms with Crippen molar-refractivity contribution in [1.82, 2.24) is 19.9 Å². The Bertz CT molecular complexity index is 8040. The number of rotatable bonds is 0. The van der Waals surface area contributed by atoms with Gasteiger partial charge in [-0.15, -0.1) is 0 Å². The summed E-state index contributed by atoms with van der Waals surface area (Å²) in [4.78, 5) is 28.7. The van der Waals surface area contributed by atoms with Crippen LogP contribution in [0.2, 0.25) is 0 Å². The third kappa shape index (κ3) is 10.6. The number of pyridine rings is 4. The van der Waals surface area contributed by atoms with Crippen molar-refractivity contribution in [3.05, 3.63) is 519 Å². The van der Waals surface area contributed by atoms with E-state index in [-0.39, 0.29) is 0 Å². The monoisotopic (exact) mass is 1780 g/mol. The van der Waals surface area contributed by atoms with Gasteiger partial charge in [-0.25, -0.2) is 4.98 Å². The minimum atomic E-state index is 0.910. The maximum Gasteiger partial charge on any atom is 0.141 e. The molecule has 12 heterocycles. The summed E-state index contributed by atoms with van der Waals surface area (Å²) < 4.78 is 0. The lowest BCUT2D eigenvalue weighted by atomic mass is 9.82. The Morgan fingerprint density at radius 3 is 0.857 bits per heavy atom. The van der Waals surface area contributed by atoms with Crippen molar-refractivity contribution in [2.45, 2.75) is 103 Å². The number of para-hydroxylation sites is 4. The van der Waals surface area contributed by atoms with Crippen molar-refractivity contribution in [1.29, 1.82) is 0 Å². The summed E-state index contributed by atoms with van der Waals surface area (Å²) >= 11 is 0. The van der Waals surface area contributed by atoms with Crippen LogP contribution in [0.4, 0.5) is 68.4 Å². The summed E-state index contributed by atoms with van der Waals surface area (Å²) in [6.07, 6.45) is 27.9. The van der Waals surface area contributed by atoms with Crippen LogP contribution in [-0.4, -0.2) is 19.9 Å². The molecule has 0 saturated carbocycles. The second-order valence-corrected chi connectivity index (χ2v) is 41.4. The molecule has 20 aromatic rings. The lowest BCUT2D eigenvalue weighted by molar-refractivity contribution is 0.956. The van der Waals surface area contributed by atoms with Gasteiger partial charge in [0.05, 0.1) is 57.4 Å². The Kier molecular flexibility index (Phi) is 15.6. The number of anilines is 12. The molecule has 0 radical (unpaired) electrons. The Balaban J connectivity index is 0.0000000829.